The molecule has 1 aliphatic heterocycles. The molecule has 4 nitrogen and oxygen atoms in total. The normalized spacial score (nSPS) is 17.2. The molecule has 23 heavy (non-hydrogen) atoms. The minimum atomic E-state index is -3.63. The molecule has 0 spiro atoms. The predicted octanol–water partition coefficient (Wildman–Crippen LogP) is 3.99. The van der Waals surface area contributed by atoms with Gasteiger partial charge in [0.2, 0.25) is 0 Å². The van der Waals surface area contributed by atoms with Crippen molar-refractivity contribution in [2.75, 3.05) is 10.9 Å². The molecule has 0 N–H and O–H groups in total. The quantitative estimate of drug-likeness (QED) is 0.785. The van der Waals surface area contributed by atoms with Crippen LogP contribution in [0.1, 0.15) is 19.4 Å². The number of nitrogens with zero attached hydrogens (tertiary/aromatic N) is 1. The summed E-state index contributed by atoms with van der Waals surface area (Å²) in [4.78, 5) is 0.243. The molecule has 1 atom stereocenters. The van der Waals surface area contributed by atoms with Gasteiger partial charge < -0.3 is 4.74 Å². The first kappa shape index (κ1) is 16.3. The Hall–Kier alpha value is -1.53. The van der Waals surface area contributed by atoms with E-state index in [0.29, 0.717) is 12.4 Å². The van der Waals surface area contributed by atoms with E-state index in [1.807, 2.05) is 38.1 Å². The number of ether oxygens (including phenoxy) is 1. The van der Waals surface area contributed by atoms with Crippen molar-refractivity contribution >= 4 is 31.6 Å². The number of benzene rings is 2. The molecular weight excluding hydrogens is 378 g/mol. The first-order valence-corrected chi connectivity index (χ1v) is 9.73. The van der Waals surface area contributed by atoms with Crippen LogP contribution in [0, 0.1) is 0 Å². The second-order valence-electron chi connectivity index (χ2n) is 5.51. The topological polar surface area (TPSA) is 46.6 Å². The number of anilines is 1. The maximum Gasteiger partial charge on any atom is 0.264 e. The van der Waals surface area contributed by atoms with Crippen LogP contribution in [0.5, 0.6) is 5.75 Å². The van der Waals surface area contributed by atoms with Crippen molar-refractivity contribution in [3.8, 4) is 5.75 Å². The summed E-state index contributed by atoms with van der Waals surface area (Å²) >= 11 is 3.39. The van der Waals surface area contributed by atoms with Crippen LogP contribution in [0.4, 0.5) is 5.69 Å². The highest BCUT2D eigenvalue weighted by Gasteiger charge is 2.36. The van der Waals surface area contributed by atoms with Crippen LogP contribution < -0.4 is 9.04 Å². The first-order chi connectivity index (χ1) is 10.9. The lowest BCUT2D eigenvalue weighted by Crippen LogP contribution is -2.35. The Kier molecular flexibility index (Phi) is 4.38. The van der Waals surface area contributed by atoms with E-state index in [-0.39, 0.29) is 10.9 Å². The Morgan fingerprint density at radius 2 is 2.00 bits per heavy atom. The fourth-order valence-corrected chi connectivity index (χ4v) is 5.00. The van der Waals surface area contributed by atoms with Gasteiger partial charge in [-0.15, -0.1) is 0 Å². The van der Waals surface area contributed by atoms with Crippen LogP contribution in [0.15, 0.2) is 51.8 Å². The zero-order valence-corrected chi connectivity index (χ0v) is 15.4. The molecule has 0 saturated carbocycles. The smallest absolute Gasteiger partial charge is 0.264 e. The van der Waals surface area contributed by atoms with Gasteiger partial charge in [0.1, 0.15) is 5.75 Å². The van der Waals surface area contributed by atoms with Gasteiger partial charge in [-0.05, 0) is 60.0 Å². The second kappa shape index (κ2) is 6.17. The number of hydrogen-bond donors (Lipinski definition) is 0. The zero-order valence-electron chi connectivity index (χ0n) is 13.0. The molecule has 1 aliphatic rings. The Bertz CT molecular complexity index is 835. The maximum atomic E-state index is 13.1. The summed E-state index contributed by atoms with van der Waals surface area (Å²) in [5.41, 5.74) is 1.83. The Labute approximate surface area is 145 Å². The molecule has 6 heteroatoms. The predicted molar refractivity (Wildman–Crippen MR) is 94.6 cm³/mol. The lowest BCUT2D eigenvalue weighted by Gasteiger charge is -2.24. The van der Waals surface area contributed by atoms with Crippen LogP contribution in [0.3, 0.4) is 0 Å². The van der Waals surface area contributed by atoms with E-state index in [1.165, 1.54) is 4.31 Å². The van der Waals surface area contributed by atoms with E-state index in [0.717, 1.165) is 22.1 Å². The standard InChI is InChI=1S/C17H18BrNO3S/c1-3-22-17-11-14(8-9-15(17)18)23(20,21)19-12(2)10-13-6-4-5-7-16(13)19/h4-9,11-12H,3,10H2,1-2H3. The molecule has 0 radical (unpaired) electrons. The molecule has 3 rings (SSSR count). The average Bonchev–Trinajstić information content (AvgIpc) is 2.85. The number of para-hydroxylation sites is 1. The van der Waals surface area contributed by atoms with Crippen molar-refractivity contribution in [2.45, 2.75) is 31.2 Å². The Morgan fingerprint density at radius 1 is 1.26 bits per heavy atom. The molecule has 2 aromatic carbocycles. The van der Waals surface area contributed by atoms with E-state index in [1.54, 1.807) is 18.2 Å². The van der Waals surface area contributed by atoms with Crippen LogP contribution in [-0.4, -0.2) is 21.1 Å². The third kappa shape index (κ3) is 2.85. The van der Waals surface area contributed by atoms with Crippen LogP contribution in [-0.2, 0) is 16.4 Å². The number of halogens is 1. The van der Waals surface area contributed by atoms with Gasteiger partial charge in [0.15, 0.2) is 0 Å². The third-order valence-corrected chi connectivity index (χ3v) is 6.48. The summed E-state index contributed by atoms with van der Waals surface area (Å²) in [5.74, 6) is 0.536. The van der Waals surface area contributed by atoms with Gasteiger partial charge in [0.25, 0.3) is 10.0 Å². The van der Waals surface area contributed by atoms with Crippen molar-refractivity contribution < 1.29 is 13.2 Å². The second-order valence-corrected chi connectivity index (χ2v) is 8.18. The van der Waals surface area contributed by atoms with Crippen LogP contribution in [0.2, 0.25) is 0 Å². The van der Waals surface area contributed by atoms with Crippen molar-refractivity contribution in [3.63, 3.8) is 0 Å². The summed E-state index contributed by atoms with van der Waals surface area (Å²) in [6.07, 6.45) is 0.726. The molecular formula is C17H18BrNO3S. The van der Waals surface area contributed by atoms with Crippen LogP contribution >= 0.6 is 15.9 Å². The molecule has 0 aromatic heterocycles. The van der Waals surface area contributed by atoms with Gasteiger partial charge in [0.05, 0.1) is 21.7 Å². The molecule has 0 bridgehead atoms. The molecule has 1 heterocycles. The van der Waals surface area contributed by atoms with E-state index >= 15 is 0 Å². The average molecular weight is 396 g/mol. The molecule has 0 fully saturated rings. The highest BCUT2D eigenvalue weighted by atomic mass is 79.9. The summed E-state index contributed by atoms with van der Waals surface area (Å²) in [5, 5.41) is 0. The minimum Gasteiger partial charge on any atom is -0.493 e. The summed E-state index contributed by atoms with van der Waals surface area (Å²) < 4.78 is 34.0. The van der Waals surface area contributed by atoms with Gasteiger partial charge in [-0.2, -0.15) is 0 Å². The first-order valence-electron chi connectivity index (χ1n) is 7.50. The van der Waals surface area contributed by atoms with Gasteiger partial charge >= 0.3 is 0 Å². The zero-order chi connectivity index (χ0) is 16.6. The summed E-state index contributed by atoms with van der Waals surface area (Å²) in [7, 11) is -3.63. The Balaban J connectivity index is 2.07. The van der Waals surface area contributed by atoms with Crippen molar-refractivity contribution in [3.05, 3.63) is 52.5 Å². The summed E-state index contributed by atoms with van der Waals surface area (Å²) in [6, 6.07) is 12.4. The van der Waals surface area contributed by atoms with Crippen molar-refractivity contribution in [1.82, 2.24) is 0 Å². The summed E-state index contributed by atoms with van der Waals surface area (Å²) in [6.45, 7) is 4.28. The molecule has 1 unspecified atom stereocenters. The highest BCUT2D eigenvalue weighted by Crippen LogP contribution is 2.38. The van der Waals surface area contributed by atoms with E-state index < -0.39 is 10.0 Å². The highest BCUT2D eigenvalue weighted by molar-refractivity contribution is 9.10. The molecule has 2 aromatic rings. The van der Waals surface area contributed by atoms with Crippen molar-refractivity contribution in [1.29, 1.82) is 0 Å². The number of fused-ring (bicyclic) bond motifs is 1. The SMILES string of the molecule is CCOc1cc(S(=O)(=O)N2c3ccccc3CC2C)ccc1Br. The van der Waals surface area contributed by atoms with E-state index in [4.69, 9.17) is 4.74 Å². The van der Waals surface area contributed by atoms with Gasteiger partial charge in [-0.25, -0.2) is 8.42 Å². The van der Waals surface area contributed by atoms with Gasteiger partial charge in [0, 0.05) is 12.1 Å². The maximum absolute atomic E-state index is 13.1. The monoisotopic (exact) mass is 395 g/mol. The molecule has 0 aliphatic carbocycles. The van der Waals surface area contributed by atoms with Gasteiger partial charge in [-0.3, -0.25) is 4.31 Å². The van der Waals surface area contributed by atoms with Gasteiger partial charge in [-0.1, -0.05) is 18.2 Å². The third-order valence-electron chi connectivity index (χ3n) is 3.90. The number of hydrogen-bond acceptors (Lipinski definition) is 3. The molecule has 0 saturated heterocycles. The Morgan fingerprint density at radius 3 is 2.74 bits per heavy atom. The fraction of sp³-hybridized carbons (Fsp3) is 0.294. The minimum absolute atomic E-state index is 0.100. The molecule has 0 amide bonds. The van der Waals surface area contributed by atoms with Crippen LogP contribution in [0.25, 0.3) is 0 Å². The lowest BCUT2D eigenvalue weighted by molar-refractivity contribution is 0.337. The van der Waals surface area contributed by atoms with E-state index in [9.17, 15) is 8.42 Å². The van der Waals surface area contributed by atoms with Crippen molar-refractivity contribution in [2.24, 2.45) is 0 Å². The number of rotatable bonds is 4. The molecule has 122 valence electrons. The fourth-order valence-electron chi connectivity index (χ4n) is 2.93. The lowest BCUT2D eigenvalue weighted by atomic mass is 10.1. The largest absolute Gasteiger partial charge is 0.493 e. The van der Waals surface area contributed by atoms with E-state index in [2.05, 4.69) is 15.9 Å². The number of sulfonamides is 1.